The minimum atomic E-state index is -0.787. The van der Waals surface area contributed by atoms with Crippen LogP contribution in [0.2, 0.25) is 0 Å². The SMILES string of the molecule is Bc1cc(C2(C)SC(N[C@@H](C)c3ccccc3F)=NC2=O)ccn1. The van der Waals surface area contributed by atoms with Crippen LogP contribution in [0.3, 0.4) is 0 Å². The van der Waals surface area contributed by atoms with Gasteiger partial charge in [0.25, 0.3) is 5.91 Å². The van der Waals surface area contributed by atoms with E-state index in [1.54, 1.807) is 24.4 Å². The lowest BCUT2D eigenvalue weighted by Crippen LogP contribution is -2.28. The summed E-state index contributed by atoms with van der Waals surface area (Å²) >= 11 is 1.35. The van der Waals surface area contributed by atoms with Crippen molar-refractivity contribution in [3.8, 4) is 0 Å². The smallest absolute Gasteiger partial charge is 0.268 e. The number of aromatic nitrogens is 1. The van der Waals surface area contributed by atoms with E-state index in [4.69, 9.17) is 0 Å². The number of hydrogen-bond acceptors (Lipinski definition) is 4. The van der Waals surface area contributed by atoms with E-state index in [1.807, 2.05) is 33.8 Å². The lowest BCUT2D eigenvalue weighted by Gasteiger charge is -2.22. The summed E-state index contributed by atoms with van der Waals surface area (Å²) in [7, 11) is 1.89. The van der Waals surface area contributed by atoms with E-state index in [0.717, 1.165) is 11.2 Å². The quantitative estimate of drug-likeness (QED) is 0.863. The number of amides is 1. The van der Waals surface area contributed by atoms with E-state index in [0.29, 0.717) is 10.7 Å². The Hall–Kier alpha value is -2.15. The van der Waals surface area contributed by atoms with E-state index in [9.17, 15) is 9.18 Å². The zero-order valence-corrected chi connectivity index (χ0v) is 14.5. The second kappa shape index (κ2) is 6.40. The normalized spacial score (nSPS) is 21.5. The molecule has 2 atom stereocenters. The molecule has 4 nitrogen and oxygen atoms in total. The molecule has 1 amide bonds. The first-order valence-electron chi connectivity index (χ1n) is 7.66. The molecule has 0 fully saturated rings. The van der Waals surface area contributed by atoms with Crippen LogP contribution in [0, 0.1) is 5.82 Å². The van der Waals surface area contributed by atoms with E-state index < -0.39 is 4.75 Å². The Labute approximate surface area is 145 Å². The maximum atomic E-state index is 13.9. The van der Waals surface area contributed by atoms with Crippen molar-refractivity contribution < 1.29 is 9.18 Å². The summed E-state index contributed by atoms with van der Waals surface area (Å²) in [6.07, 6.45) is 1.69. The fourth-order valence-corrected chi connectivity index (χ4v) is 3.76. The molecular formula is C17H17BFN3OS. The Balaban J connectivity index is 1.79. The van der Waals surface area contributed by atoms with Crippen LogP contribution in [0.4, 0.5) is 4.39 Å². The number of aliphatic imine (C=N–C) groups is 1. The number of amidine groups is 1. The molecule has 2 aromatic rings. The van der Waals surface area contributed by atoms with Gasteiger partial charge in [0.15, 0.2) is 13.0 Å². The van der Waals surface area contributed by atoms with E-state index in [1.165, 1.54) is 17.8 Å². The molecule has 0 bridgehead atoms. The Morgan fingerprint density at radius 1 is 1.33 bits per heavy atom. The molecule has 1 unspecified atom stereocenters. The van der Waals surface area contributed by atoms with Gasteiger partial charge >= 0.3 is 0 Å². The summed E-state index contributed by atoms with van der Waals surface area (Å²) in [5.41, 5.74) is 2.26. The van der Waals surface area contributed by atoms with Crippen molar-refractivity contribution >= 4 is 36.3 Å². The molecule has 1 aromatic heterocycles. The fourth-order valence-electron chi connectivity index (χ4n) is 2.63. The molecule has 3 rings (SSSR count). The van der Waals surface area contributed by atoms with Crippen LogP contribution in [0.15, 0.2) is 47.6 Å². The topological polar surface area (TPSA) is 54.4 Å². The molecule has 1 N–H and O–H groups in total. The number of nitrogens with one attached hydrogen (secondary N) is 1. The number of rotatable bonds is 3. The molecule has 24 heavy (non-hydrogen) atoms. The van der Waals surface area contributed by atoms with Crippen LogP contribution in [0.25, 0.3) is 0 Å². The highest BCUT2D eigenvalue weighted by molar-refractivity contribution is 8.15. The lowest BCUT2D eigenvalue weighted by molar-refractivity contribution is -0.119. The highest BCUT2D eigenvalue weighted by atomic mass is 32.2. The van der Waals surface area contributed by atoms with Gasteiger partial charge in [-0.25, -0.2) is 4.39 Å². The third-order valence-corrected chi connectivity index (χ3v) is 5.29. The summed E-state index contributed by atoms with van der Waals surface area (Å²) in [5.74, 6) is -0.499. The third kappa shape index (κ3) is 3.08. The number of thioether (sulfide) groups is 1. The molecule has 1 aromatic carbocycles. The minimum Gasteiger partial charge on any atom is -0.358 e. The third-order valence-electron chi connectivity index (χ3n) is 4.07. The van der Waals surface area contributed by atoms with Gasteiger partial charge in [-0.1, -0.05) is 30.0 Å². The van der Waals surface area contributed by atoms with E-state index in [2.05, 4.69) is 15.3 Å². The van der Waals surface area contributed by atoms with Crippen LogP contribution >= 0.6 is 11.8 Å². The fraction of sp³-hybridized carbons (Fsp3) is 0.235. The number of carbonyl (C=O) groups excluding carboxylic acids is 1. The molecule has 122 valence electrons. The number of hydrogen-bond donors (Lipinski definition) is 1. The number of pyridine rings is 1. The highest BCUT2D eigenvalue weighted by Crippen LogP contribution is 2.42. The summed E-state index contributed by atoms with van der Waals surface area (Å²) in [5, 5.41) is 3.65. The standard InChI is InChI=1S/C17H17BFN3OS/c1-10(12-5-3-4-6-13(12)19)21-16-22-15(23)17(2,24-16)11-7-8-20-14(18)9-11/h3-10H,18H2,1-2H3,(H,21,22,23)/t10-,17?/m0/s1. The second-order valence-corrected chi connectivity index (χ2v) is 7.34. The van der Waals surface area contributed by atoms with Crippen LogP contribution in [-0.2, 0) is 9.54 Å². The average Bonchev–Trinajstić information content (AvgIpc) is 2.83. The first-order valence-corrected chi connectivity index (χ1v) is 8.48. The molecule has 7 heteroatoms. The lowest BCUT2D eigenvalue weighted by atomic mass is 9.95. The summed E-state index contributed by atoms with van der Waals surface area (Å²) in [6.45, 7) is 3.69. The van der Waals surface area contributed by atoms with Crippen molar-refractivity contribution in [1.29, 1.82) is 0 Å². The van der Waals surface area contributed by atoms with Crippen LogP contribution in [-0.4, -0.2) is 23.9 Å². The molecule has 0 aliphatic carbocycles. The van der Waals surface area contributed by atoms with Gasteiger partial charge < -0.3 is 5.32 Å². The predicted molar refractivity (Wildman–Crippen MR) is 97.8 cm³/mol. The average molecular weight is 341 g/mol. The zero-order valence-electron chi connectivity index (χ0n) is 13.7. The summed E-state index contributed by atoms with van der Waals surface area (Å²) < 4.78 is 13.1. The minimum absolute atomic E-state index is 0.221. The molecule has 1 aliphatic rings. The molecule has 1 aliphatic heterocycles. The second-order valence-electron chi connectivity index (χ2n) is 5.93. The van der Waals surface area contributed by atoms with Crippen molar-refractivity contribution in [2.45, 2.75) is 24.6 Å². The Morgan fingerprint density at radius 2 is 2.08 bits per heavy atom. The van der Waals surface area contributed by atoms with Crippen molar-refractivity contribution in [3.63, 3.8) is 0 Å². The number of carbonyl (C=O) groups is 1. The maximum absolute atomic E-state index is 13.9. The van der Waals surface area contributed by atoms with E-state index in [-0.39, 0.29) is 17.8 Å². The first-order chi connectivity index (χ1) is 11.4. The number of benzene rings is 1. The van der Waals surface area contributed by atoms with Crippen molar-refractivity contribution in [2.75, 3.05) is 0 Å². The number of nitrogens with zero attached hydrogens (tertiary/aromatic N) is 2. The zero-order chi connectivity index (χ0) is 17.3. The molecule has 0 radical (unpaired) electrons. The Kier molecular flexibility index (Phi) is 4.45. The Morgan fingerprint density at radius 3 is 2.79 bits per heavy atom. The van der Waals surface area contributed by atoms with Gasteiger partial charge in [-0.15, -0.1) is 0 Å². The van der Waals surface area contributed by atoms with Gasteiger partial charge in [0.2, 0.25) is 0 Å². The molecular weight excluding hydrogens is 324 g/mol. The van der Waals surface area contributed by atoms with Gasteiger partial charge in [0, 0.05) is 11.8 Å². The van der Waals surface area contributed by atoms with Gasteiger partial charge in [-0.3, -0.25) is 9.78 Å². The van der Waals surface area contributed by atoms with Gasteiger partial charge in [0.1, 0.15) is 10.6 Å². The first kappa shape index (κ1) is 16.7. The molecule has 0 spiro atoms. The molecule has 2 heterocycles. The van der Waals surface area contributed by atoms with Crippen molar-refractivity contribution in [3.05, 3.63) is 59.5 Å². The van der Waals surface area contributed by atoms with Crippen molar-refractivity contribution in [1.82, 2.24) is 10.3 Å². The largest absolute Gasteiger partial charge is 0.358 e. The maximum Gasteiger partial charge on any atom is 0.268 e. The van der Waals surface area contributed by atoms with Gasteiger partial charge in [0.05, 0.1) is 6.04 Å². The van der Waals surface area contributed by atoms with Crippen molar-refractivity contribution in [2.24, 2.45) is 4.99 Å². The van der Waals surface area contributed by atoms with Crippen LogP contribution < -0.4 is 10.9 Å². The van der Waals surface area contributed by atoms with Gasteiger partial charge in [-0.2, -0.15) is 4.99 Å². The monoisotopic (exact) mass is 341 g/mol. The highest BCUT2D eigenvalue weighted by Gasteiger charge is 2.43. The molecule has 0 saturated carbocycles. The molecule has 0 saturated heterocycles. The van der Waals surface area contributed by atoms with Crippen LogP contribution in [0.5, 0.6) is 0 Å². The number of halogens is 1. The summed E-state index contributed by atoms with van der Waals surface area (Å²) in [6, 6.07) is 10.0. The summed E-state index contributed by atoms with van der Waals surface area (Å²) in [4.78, 5) is 20.8. The van der Waals surface area contributed by atoms with Crippen LogP contribution in [0.1, 0.15) is 31.0 Å². The predicted octanol–water partition coefficient (Wildman–Crippen LogP) is 1.67. The van der Waals surface area contributed by atoms with E-state index >= 15 is 0 Å². The Bertz CT molecular complexity index is 829. The van der Waals surface area contributed by atoms with Gasteiger partial charge in [-0.05, 0) is 43.2 Å².